The van der Waals surface area contributed by atoms with Crippen molar-refractivity contribution in [2.24, 2.45) is 5.92 Å². The number of carbonyl (C=O) groups is 2. The van der Waals surface area contributed by atoms with Crippen molar-refractivity contribution in [3.05, 3.63) is 29.3 Å². The monoisotopic (exact) mass is 288 g/mol. The number of hydrogen-bond acceptors (Lipinski definition) is 3. The second-order valence-corrected chi connectivity index (χ2v) is 5.81. The molecule has 0 bridgehead atoms. The Morgan fingerprint density at radius 2 is 2.33 bits per heavy atom. The summed E-state index contributed by atoms with van der Waals surface area (Å²) in [7, 11) is 1.70. The summed E-state index contributed by atoms with van der Waals surface area (Å²) < 4.78 is 5.20. The summed E-state index contributed by atoms with van der Waals surface area (Å²) in [6.45, 7) is 2.24. The highest BCUT2D eigenvalue weighted by Crippen LogP contribution is 2.26. The van der Waals surface area contributed by atoms with Crippen LogP contribution >= 0.6 is 0 Å². The van der Waals surface area contributed by atoms with Gasteiger partial charge in [0.05, 0.1) is 13.0 Å². The van der Waals surface area contributed by atoms with Crippen molar-refractivity contribution in [3.63, 3.8) is 0 Å². The maximum atomic E-state index is 12.6. The third kappa shape index (κ3) is 2.93. The lowest BCUT2D eigenvalue weighted by atomic mass is 9.98. The lowest BCUT2D eigenvalue weighted by molar-refractivity contribution is -0.115. The minimum atomic E-state index is -0.00673. The van der Waals surface area contributed by atoms with E-state index in [0.717, 1.165) is 37.2 Å². The van der Waals surface area contributed by atoms with Gasteiger partial charge in [-0.3, -0.25) is 9.59 Å². The van der Waals surface area contributed by atoms with Gasteiger partial charge >= 0.3 is 0 Å². The van der Waals surface area contributed by atoms with Gasteiger partial charge in [-0.05, 0) is 36.5 Å². The number of fused-ring (bicyclic) bond motifs is 1. The smallest absolute Gasteiger partial charge is 0.253 e. The van der Waals surface area contributed by atoms with E-state index in [-0.39, 0.29) is 11.8 Å². The number of hydrogen-bond donors (Lipinski definition) is 1. The Morgan fingerprint density at radius 3 is 3.14 bits per heavy atom. The SMILES string of the molecule is COCC1CCCN(C(=O)c2ccc3c(c2)NC(=O)C3)C1. The summed E-state index contributed by atoms with van der Waals surface area (Å²) in [4.78, 5) is 25.9. The summed E-state index contributed by atoms with van der Waals surface area (Å²) in [5.74, 6) is 0.453. The highest BCUT2D eigenvalue weighted by molar-refractivity contribution is 6.02. The number of piperidine rings is 1. The first-order chi connectivity index (χ1) is 10.2. The molecule has 1 saturated heterocycles. The van der Waals surface area contributed by atoms with Crippen molar-refractivity contribution in [1.29, 1.82) is 0 Å². The van der Waals surface area contributed by atoms with Crippen LogP contribution in [0.2, 0.25) is 0 Å². The van der Waals surface area contributed by atoms with E-state index < -0.39 is 0 Å². The van der Waals surface area contributed by atoms with E-state index in [9.17, 15) is 9.59 Å². The van der Waals surface area contributed by atoms with Crippen LogP contribution < -0.4 is 5.32 Å². The fourth-order valence-electron chi connectivity index (χ4n) is 3.15. The summed E-state index contributed by atoms with van der Waals surface area (Å²) in [5.41, 5.74) is 2.39. The van der Waals surface area contributed by atoms with E-state index in [2.05, 4.69) is 5.32 Å². The zero-order chi connectivity index (χ0) is 14.8. The average Bonchev–Trinajstić information content (AvgIpc) is 2.86. The molecule has 2 amide bonds. The molecule has 1 aromatic carbocycles. The maximum Gasteiger partial charge on any atom is 0.253 e. The van der Waals surface area contributed by atoms with Crippen LogP contribution in [0.1, 0.15) is 28.8 Å². The molecule has 5 nitrogen and oxygen atoms in total. The first kappa shape index (κ1) is 14.1. The molecule has 0 radical (unpaired) electrons. The Bertz CT molecular complexity index is 569. The molecule has 3 rings (SSSR count). The van der Waals surface area contributed by atoms with E-state index in [0.29, 0.717) is 24.5 Å². The first-order valence-electron chi connectivity index (χ1n) is 7.38. The molecule has 5 heteroatoms. The molecule has 112 valence electrons. The van der Waals surface area contributed by atoms with E-state index in [1.54, 1.807) is 13.2 Å². The molecular formula is C16H20N2O3. The molecule has 0 saturated carbocycles. The third-order valence-electron chi connectivity index (χ3n) is 4.19. The first-order valence-corrected chi connectivity index (χ1v) is 7.38. The summed E-state index contributed by atoms with van der Waals surface area (Å²) >= 11 is 0. The molecule has 2 heterocycles. The molecule has 2 aliphatic rings. The maximum absolute atomic E-state index is 12.6. The highest BCUT2D eigenvalue weighted by Gasteiger charge is 2.26. The molecule has 1 N–H and O–H groups in total. The second-order valence-electron chi connectivity index (χ2n) is 5.81. The van der Waals surface area contributed by atoms with Gasteiger partial charge in [-0.25, -0.2) is 0 Å². The van der Waals surface area contributed by atoms with Crippen LogP contribution in [0.15, 0.2) is 18.2 Å². The van der Waals surface area contributed by atoms with E-state index in [1.165, 1.54) is 0 Å². The van der Waals surface area contributed by atoms with Crippen molar-refractivity contribution in [2.75, 3.05) is 32.1 Å². The second kappa shape index (κ2) is 5.85. The summed E-state index contributed by atoms with van der Waals surface area (Å²) in [6.07, 6.45) is 2.53. The number of carbonyl (C=O) groups excluding carboxylic acids is 2. The zero-order valence-electron chi connectivity index (χ0n) is 12.2. The molecule has 0 spiro atoms. The lowest BCUT2D eigenvalue weighted by Gasteiger charge is -2.32. The zero-order valence-corrected chi connectivity index (χ0v) is 12.2. The minimum absolute atomic E-state index is 0.00673. The highest BCUT2D eigenvalue weighted by atomic mass is 16.5. The topological polar surface area (TPSA) is 58.6 Å². The molecule has 0 aliphatic carbocycles. The van der Waals surface area contributed by atoms with Gasteiger partial charge in [-0.1, -0.05) is 6.07 Å². The van der Waals surface area contributed by atoms with Crippen LogP contribution in [-0.4, -0.2) is 43.5 Å². The molecule has 1 fully saturated rings. The predicted octanol–water partition coefficient (Wildman–Crippen LogP) is 1.68. The number of methoxy groups -OCH3 is 1. The number of rotatable bonds is 3. The molecule has 1 aromatic rings. The van der Waals surface area contributed by atoms with Crippen molar-refractivity contribution in [1.82, 2.24) is 4.90 Å². The van der Waals surface area contributed by atoms with Gasteiger partial charge in [-0.15, -0.1) is 0 Å². The fourth-order valence-corrected chi connectivity index (χ4v) is 3.15. The van der Waals surface area contributed by atoms with Gasteiger partial charge in [0.2, 0.25) is 5.91 Å². The van der Waals surface area contributed by atoms with Crippen LogP contribution in [0, 0.1) is 5.92 Å². The van der Waals surface area contributed by atoms with Gasteiger partial charge < -0.3 is 15.0 Å². The Hall–Kier alpha value is -1.88. The third-order valence-corrected chi connectivity index (χ3v) is 4.19. The number of amides is 2. The molecule has 1 unspecified atom stereocenters. The quantitative estimate of drug-likeness (QED) is 0.920. The number of nitrogens with one attached hydrogen (secondary N) is 1. The Morgan fingerprint density at radius 1 is 1.48 bits per heavy atom. The van der Waals surface area contributed by atoms with Crippen LogP contribution in [-0.2, 0) is 16.0 Å². The molecule has 21 heavy (non-hydrogen) atoms. The fraction of sp³-hybridized carbons (Fsp3) is 0.500. The molecule has 2 aliphatic heterocycles. The lowest BCUT2D eigenvalue weighted by Crippen LogP contribution is -2.41. The largest absolute Gasteiger partial charge is 0.384 e. The number of ether oxygens (including phenoxy) is 1. The molecule has 0 aromatic heterocycles. The van der Waals surface area contributed by atoms with E-state index >= 15 is 0 Å². The van der Waals surface area contributed by atoms with E-state index in [1.807, 2.05) is 17.0 Å². The summed E-state index contributed by atoms with van der Waals surface area (Å²) in [5, 5.41) is 2.79. The van der Waals surface area contributed by atoms with Gasteiger partial charge in [0.25, 0.3) is 5.91 Å². The van der Waals surface area contributed by atoms with Crippen LogP contribution in [0.3, 0.4) is 0 Å². The Kier molecular flexibility index (Phi) is 3.92. The minimum Gasteiger partial charge on any atom is -0.384 e. The van der Waals surface area contributed by atoms with Crippen molar-refractivity contribution in [2.45, 2.75) is 19.3 Å². The Labute approximate surface area is 124 Å². The van der Waals surface area contributed by atoms with Gasteiger partial charge in [-0.2, -0.15) is 0 Å². The van der Waals surface area contributed by atoms with Gasteiger partial charge in [0.1, 0.15) is 0 Å². The van der Waals surface area contributed by atoms with E-state index in [4.69, 9.17) is 4.74 Å². The standard InChI is InChI=1S/C16H20N2O3/c1-21-10-11-3-2-6-18(9-11)16(20)13-5-4-12-8-15(19)17-14(12)7-13/h4-5,7,11H,2-3,6,8-10H2,1H3,(H,17,19). The number of benzene rings is 1. The number of likely N-dealkylation sites (tertiary alicyclic amines) is 1. The summed E-state index contributed by atoms with van der Waals surface area (Å²) in [6, 6.07) is 5.49. The van der Waals surface area contributed by atoms with Crippen LogP contribution in [0.5, 0.6) is 0 Å². The Balaban J connectivity index is 1.73. The van der Waals surface area contributed by atoms with Crippen molar-refractivity contribution >= 4 is 17.5 Å². The average molecular weight is 288 g/mol. The number of nitrogens with zero attached hydrogens (tertiary/aromatic N) is 1. The van der Waals surface area contributed by atoms with Crippen LogP contribution in [0.4, 0.5) is 5.69 Å². The predicted molar refractivity (Wildman–Crippen MR) is 79.3 cm³/mol. The normalized spacial score (nSPS) is 21.1. The van der Waals surface area contributed by atoms with Crippen molar-refractivity contribution in [3.8, 4) is 0 Å². The van der Waals surface area contributed by atoms with Gasteiger partial charge in [0, 0.05) is 31.5 Å². The molecular weight excluding hydrogens is 268 g/mol. The molecule has 1 atom stereocenters. The van der Waals surface area contributed by atoms with Crippen LogP contribution in [0.25, 0.3) is 0 Å². The number of anilines is 1. The van der Waals surface area contributed by atoms with Gasteiger partial charge in [0.15, 0.2) is 0 Å². The van der Waals surface area contributed by atoms with Crippen molar-refractivity contribution < 1.29 is 14.3 Å².